The minimum Gasteiger partial charge on any atom is -0.497 e. The molecule has 0 spiro atoms. The number of nitrogens with one attached hydrogen (secondary N) is 2. The molecule has 2 aromatic carbocycles. The highest BCUT2D eigenvalue weighted by atomic mass is 35.5. The molecule has 2 N–H and O–H groups in total. The van der Waals surface area contributed by atoms with E-state index < -0.39 is 0 Å². The second-order valence-corrected chi connectivity index (χ2v) is 6.11. The maximum atomic E-state index is 6.05. The first-order valence-corrected chi connectivity index (χ1v) is 8.28. The molecule has 1 heterocycles. The van der Waals surface area contributed by atoms with Gasteiger partial charge in [-0.15, -0.1) is 0 Å². The first-order chi connectivity index (χ1) is 12.0. The zero-order valence-electron chi connectivity index (χ0n) is 13.7. The maximum absolute atomic E-state index is 6.05. The number of anilines is 4. The summed E-state index contributed by atoms with van der Waals surface area (Å²) in [6.07, 6.45) is 0. The van der Waals surface area contributed by atoms with E-state index in [-0.39, 0.29) is 0 Å². The Kier molecular flexibility index (Phi) is 5.26. The lowest BCUT2D eigenvalue weighted by molar-refractivity contribution is 0.415. The van der Waals surface area contributed by atoms with Crippen LogP contribution in [0.25, 0.3) is 0 Å². The minimum absolute atomic E-state index is 0.479. The lowest BCUT2D eigenvalue weighted by Gasteiger charge is -2.11. The predicted molar refractivity (Wildman–Crippen MR) is 103 cm³/mol. The monoisotopic (exact) mass is 374 g/mol. The van der Waals surface area contributed by atoms with Crippen LogP contribution in [0.2, 0.25) is 10.0 Å². The van der Waals surface area contributed by atoms with Crippen LogP contribution >= 0.6 is 23.2 Å². The van der Waals surface area contributed by atoms with E-state index in [9.17, 15) is 0 Å². The number of halogens is 2. The summed E-state index contributed by atoms with van der Waals surface area (Å²) in [7, 11) is 1.63. The van der Waals surface area contributed by atoms with Gasteiger partial charge in [0.05, 0.1) is 17.2 Å². The fraction of sp³-hybridized carbons (Fsp3) is 0.111. The lowest BCUT2D eigenvalue weighted by atomic mass is 10.3. The SMILES string of the molecule is COc1cccc(Nc2cc(Nc3ccc(Cl)c(Cl)c3)nc(C)n2)c1. The van der Waals surface area contributed by atoms with Crippen LogP contribution in [0.3, 0.4) is 0 Å². The molecular formula is C18H16Cl2N4O. The van der Waals surface area contributed by atoms with Crippen LogP contribution < -0.4 is 15.4 Å². The second kappa shape index (κ2) is 7.59. The normalized spacial score (nSPS) is 10.4. The van der Waals surface area contributed by atoms with Crippen LogP contribution in [0.4, 0.5) is 23.0 Å². The maximum Gasteiger partial charge on any atom is 0.136 e. The predicted octanol–water partition coefficient (Wildman–Crippen LogP) is 5.59. The average molecular weight is 375 g/mol. The Morgan fingerprint density at radius 2 is 1.52 bits per heavy atom. The number of hydrogen-bond donors (Lipinski definition) is 2. The molecule has 128 valence electrons. The van der Waals surface area contributed by atoms with Gasteiger partial charge in [-0.3, -0.25) is 0 Å². The van der Waals surface area contributed by atoms with Crippen molar-refractivity contribution in [3.05, 3.63) is 64.4 Å². The molecule has 0 fully saturated rings. The van der Waals surface area contributed by atoms with Gasteiger partial charge in [0.2, 0.25) is 0 Å². The number of nitrogens with zero attached hydrogens (tertiary/aromatic N) is 2. The van der Waals surface area contributed by atoms with Gasteiger partial charge >= 0.3 is 0 Å². The lowest BCUT2D eigenvalue weighted by Crippen LogP contribution is -2.01. The van der Waals surface area contributed by atoms with Crippen molar-refractivity contribution in [1.29, 1.82) is 0 Å². The average Bonchev–Trinajstić information content (AvgIpc) is 2.58. The molecule has 0 saturated carbocycles. The summed E-state index contributed by atoms with van der Waals surface area (Å²) in [6, 6.07) is 14.7. The molecule has 1 aromatic heterocycles. The summed E-state index contributed by atoms with van der Waals surface area (Å²) in [5, 5.41) is 7.44. The molecule has 7 heteroatoms. The van der Waals surface area contributed by atoms with Crippen LogP contribution in [0.5, 0.6) is 5.75 Å². The summed E-state index contributed by atoms with van der Waals surface area (Å²) in [5.41, 5.74) is 1.66. The molecule has 0 atom stereocenters. The van der Waals surface area contributed by atoms with Crippen molar-refractivity contribution in [2.75, 3.05) is 17.7 Å². The van der Waals surface area contributed by atoms with Crippen molar-refractivity contribution >= 4 is 46.2 Å². The van der Waals surface area contributed by atoms with E-state index in [1.54, 1.807) is 19.2 Å². The highest BCUT2D eigenvalue weighted by Gasteiger charge is 2.05. The largest absolute Gasteiger partial charge is 0.497 e. The van der Waals surface area contributed by atoms with Crippen molar-refractivity contribution in [2.45, 2.75) is 6.92 Å². The van der Waals surface area contributed by atoms with Crippen molar-refractivity contribution in [2.24, 2.45) is 0 Å². The summed E-state index contributed by atoms with van der Waals surface area (Å²) in [5.74, 6) is 2.72. The molecular weight excluding hydrogens is 359 g/mol. The highest BCUT2D eigenvalue weighted by molar-refractivity contribution is 6.42. The molecule has 3 rings (SSSR count). The summed E-state index contributed by atoms with van der Waals surface area (Å²) < 4.78 is 5.23. The van der Waals surface area contributed by atoms with E-state index in [0.717, 1.165) is 17.1 Å². The first kappa shape index (κ1) is 17.3. The summed E-state index contributed by atoms with van der Waals surface area (Å²) >= 11 is 12.0. The van der Waals surface area contributed by atoms with Crippen molar-refractivity contribution in [1.82, 2.24) is 9.97 Å². The van der Waals surface area contributed by atoms with Gasteiger partial charge in [0.15, 0.2) is 0 Å². The minimum atomic E-state index is 0.479. The smallest absolute Gasteiger partial charge is 0.136 e. The van der Waals surface area contributed by atoms with Gasteiger partial charge in [-0.2, -0.15) is 0 Å². The topological polar surface area (TPSA) is 59.1 Å². The van der Waals surface area contributed by atoms with Crippen LogP contribution in [-0.2, 0) is 0 Å². The standard InChI is InChI=1S/C18H16Cl2N4O/c1-11-21-17(23-12-4-3-5-14(8-12)25-2)10-18(22-11)24-13-6-7-15(19)16(20)9-13/h3-10H,1-2H3,(H2,21,22,23,24). The fourth-order valence-corrected chi connectivity index (χ4v) is 2.56. The molecule has 5 nitrogen and oxygen atoms in total. The number of ether oxygens (including phenoxy) is 1. The van der Waals surface area contributed by atoms with E-state index in [4.69, 9.17) is 27.9 Å². The van der Waals surface area contributed by atoms with Crippen LogP contribution in [0, 0.1) is 6.92 Å². The third kappa shape index (κ3) is 4.53. The summed E-state index contributed by atoms with van der Waals surface area (Å²) in [4.78, 5) is 8.80. The Hall–Kier alpha value is -2.50. The van der Waals surface area contributed by atoms with Crippen LogP contribution in [0.1, 0.15) is 5.82 Å². The van der Waals surface area contributed by atoms with Crippen LogP contribution in [0.15, 0.2) is 48.5 Å². The molecule has 0 aliphatic heterocycles. The molecule has 25 heavy (non-hydrogen) atoms. The third-order valence-corrected chi connectivity index (χ3v) is 4.11. The molecule has 0 saturated heterocycles. The zero-order valence-corrected chi connectivity index (χ0v) is 15.2. The van der Waals surface area contributed by atoms with E-state index in [0.29, 0.717) is 27.5 Å². The molecule has 3 aromatic rings. The Labute approximate surface area is 156 Å². The highest BCUT2D eigenvalue weighted by Crippen LogP contribution is 2.27. The Morgan fingerprint density at radius 3 is 2.16 bits per heavy atom. The number of methoxy groups -OCH3 is 1. The van der Waals surface area contributed by atoms with E-state index in [1.807, 2.05) is 43.3 Å². The fourth-order valence-electron chi connectivity index (χ4n) is 2.27. The van der Waals surface area contributed by atoms with Gasteiger partial charge < -0.3 is 15.4 Å². The zero-order chi connectivity index (χ0) is 17.8. The van der Waals surface area contributed by atoms with E-state index in [2.05, 4.69) is 20.6 Å². The van der Waals surface area contributed by atoms with Gasteiger partial charge in [-0.1, -0.05) is 29.3 Å². The first-order valence-electron chi connectivity index (χ1n) is 7.52. The molecule has 0 amide bonds. The van der Waals surface area contributed by atoms with Crippen molar-refractivity contribution < 1.29 is 4.74 Å². The molecule has 0 aliphatic carbocycles. The Bertz CT molecular complexity index is 902. The van der Waals surface area contributed by atoms with Gasteiger partial charge in [0.25, 0.3) is 0 Å². The quantitative estimate of drug-likeness (QED) is 0.609. The van der Waals surface area contributed by atoms with Gasteiger partial charge in [-0.05, 0) is 37.3 Å². The number of aromatic nitrogens is 2. The van der Waals surface area contributed by atoms with Crippen molar-refractivity contribution in [3.8, 4) is 5.75 Å². The third-order valence-electron chi connectivity index (χ3n) is 3.37. The van der Waals surface area contributed by atoms with Gasteiger partial charge in [-0.25, -0.2) is 9.97 Å². The molecule has 0 bridgehead atoms. The van der Waals surface area contributed by atoms with E-state index >= 15 is 0 Å². The number of benzene rings is 2. The number of hydrogen-bond acceptors (Lipinski definition) is 5. The number of aryl methyl sites for hydroxylation is 1. The second-order valence-electron chi connectivity index (χ2n) is 5.30. The molecule has 0 radical (unpaired) electrons. The van der Waals surface area contributed by atoms with E-state index in [1.165, 1.54) is 0 Å². The Balaban J connectivity index is 1.83. The number of rotatable bonds is 5. The van der Waals surface area contributed by atoms with Gasteiger partial charge in [0, 0.05) is 23.5 Å². The van der Waals surface area contributed by atoms with Gasteiger partial charge in [0.1, 0.15) is 23.2 Å². The van der Waals surface area contributed by atoms with Crippen LogP contribution in [-0.4, -0.2) is 17.1 Å². The molecule has 0 unspecified atom stereocenters. The van der Waals surface area contributed by atoms with Crippen molar-refractivity contribution in [3.63, 3.8) is 0 Å². The molecule has 0 aliphatic rings. The Morgan fingerprint density at radius 1 is 0.840 bits per heavy atom. The summed E-state index contributed by atoms with van der Waals surface area (Å²) in [6.45, 7) is 1.83.